The largest absolute Gasteiger partial charge is 0.334 e. The number of carbonyl (C=O) groups is 1. The van der Waals surface area contributed by atoms with Crippen LogP contribution >= 0.6 is 34.5 Å². The molecule has 0 saturated heterocycles. The quantitative estimate of drug-likeness (QED) is 0.800. The number of halogens is 2. The molecule has 0 atom stereocenters. The standard InChI is InChI=1S/C14H13Cl2NOS/c1-2-17(9-10-5-3-4-6-11(10)15)14(18)12-7-8-13(16)19-12/h3-8H,2,9H2,1H3. The van der Waals surface area contributed by atoms with E-state index in [0.29, 0.717) is 27.3 Å². The van der Waals surface area contributed by atoms with Crippen LogP contribution in [0.1, 0.15) is 22.2 Å². The molecule has 0 fully saturated rings. The third kappa shape index (κ3) is 3.50. The summed E-state index contributed by atoms with van der Waals surface area (Å²) in [5.41, 5.74) is 0.946. The van der Waals surface area contributed by atoms with Crippen LogP contribution in [0.4, 0.5) is 0 Å². The number of benzene rings is 1. The molecule has 0 unspecified atom stereocenters. The normalized spacial score (nSPS) is 10.5. The molecule has 1 amide bonds. The van der Waals surface area contributed by atoms with Crippen LogP contribution in [-0.2, 0) is 6.54 Å². The first-order valence-electron chi connectivity index (χ1n) is 5.90. The molecule has 2 nitrogen and oxygen atoms in total. The summed E-state index contributed by atoms with van der Waals surface area (Å²) in [5, 5.41) is 0.679. The maximum atomic E-state index is 12.3. The zero-order valence-electron chi connectivity index (χ0n) is 10.4. The van der Waals surface area contributed by atoms with Crippen molar-refractivity contribution in [2.45, 2.75) is 13.5 Å². The molecule has 0 N–H and O–H groups in total. The van der Waals surface area contributed by atoms with Crippen molar-refractivity contribution in [2.75, 3.05) is 6.54 Å². The molecule has 0 spiro atoms. The Bertz CT molecular complexity index is 582. The van der Waals surface area contributed by atoms with Gasteiger partial charge in [-0.2, -0.15) is 0 Å². The number of rotatable bonds is 4. The fraction of sp³-hybridized carbons (Fsp3) is 0.214. The van der Waals surface area contributed by atoms with E-state index in [1.54, 1.807) is 17.0 Å². The van der Waals surface area contributed by atoms with Crippen LogP contribution < -0.4 is 0 Å². The van der Waals surface area contributed by atoms with Gasteiger partial charge in [0, 0.05) is 18.1 Å². The highest BCUT2D eigenvalue weighted by atomic mass is 35.5. The Morgan fingerprint density at radius 1 is 1.21 bits per heavy atom. The average molecular weight is 314 g/mol. The lowest BCUT2D eigenvalue weighted by atomic mass is 10.2. The van der Waals surface area contributed by atoms with E-state index in [9.17, 15) is 4.79 Å². The number of hydrogen-bond donors (Lipinski definition) is 0. The summed E-state index contributed by atoms with van der Waals surface area (Å²) in [4.78, 5) is 14.7. The van der Waals surface area contributed by atoms with Crippen molar-refractivity contribution >= 4 is 40.4 Å². The summed E-state index contributed by atoms with van der Waals surface area (Å²) in [7, 11) is 0. The first kappa shape index (κ1) is 14.4. The van der Waals surface area contributed by atoms with Gasteiger partial charge in [-0.25, -0.2) is 0 Å². The van der Waals surface area contributed by atoms with Gasteiger partial charge >= 0.3 is 0 Å². The molecule has 0 radical (unpaired) electrons. The summed E-state index contributed by atoms with van der Waals surface area (Å²) in [5.74, 6) is -0.0145. The number of thiophene rings is 1. The first-order valence-corrected chi connectivity index (χ1v) is 7.47. The van der Waals surface area contributed by atoms with Crippen LogP contribution in [-0.4, -0.2) is 17.4 Å². The Morgan fingerprint density at radius 2 is 1.95 bits per heavy atom. The fourth-order valence-corrected chi connectivity index (χ4v) is 2.95. The minimum absolute atomic E-state index is 0.0145. The highest BCUT2D eigenvalue weighted by Gasteiger charge is 2.17. The van der Waals surface area contributed by atoms with Crippen molar-refractivity contribution in [1.29, 1.82) is 0 Å². The topological polar surface area (TPSA) is 20.3 Å². The molecule has 0 aliphatic carbocycles. The predicted octanol–water partition coefficient (Wildman–Crippen LogP) is 4.72. The highest BCUT2D eigenvalue weighted by Crippen LogP contribution is 2.24. The summed E-state index contributed by atoms with van der Waals surface area (Å²) in [6.07, 6.45) is 0. The number of amides is 1. The fourth-order valence-electron chi connectivity index (χ4n) is 1.74. The van der Waals surface area contributed by atoms with Crippen LogP contribution in [0, 0.1) is 0 Å². The molecule has 1 aromatic heterocycles. The van der Waals surface area contributed by atoms with Crippen molar-refractivity contribution in [1.82, 2.24) is 4.90 Å². The first-order chi connectivity index (χ1) is 9.11. The van der Waals surface area contributed by atoms with Gasteiger partial charge in [0.25, 0.3) is 5.91 Å². The monoisotopic (exact) mass is 313 g/mol. The minimum Gasteiger partial charge on any atom is -0.334 e. The third-order valence-corrected chi connectivity index (χ3v) is 4.36. The second kappa shape index (κ2) is 6.42. The van der Waals surface area contributed by atoms with E-state index in [0.717, 1.165) is 5.56 Å². The summed E-state index contributed by atoms with van der Waals surface area (Å²) < 4.78 is 0.622. The van der Waals surface area contributed by atoms with Crippen LogP contribution in [0.3, 0.4) is 0 Å². The molecule has 1 heterocycles. The number of hydrogen-bond acceptors (Lipinski definition) is 2. The van der Waals surface area contributed by atoms with Gasteiger partial charge in [-0.15, -0.1) is 11.3 Å². The van der Waals surface area contributed by atoms with E-state index in [4.69, 9.17) is 23.2 Å². The Labute approximate surface area is 126 Å². The summed E-state index contributed by atoms with van der Waals surface area (Å²) >= 11 is 13.3. The molecular formula is C14H13Cl2NOS. The highest BCUT2D eigenvalue weighted by molar-refractivity contribution is 7.17. The van der Waals surface area contributed by atoms with Gasteiger partial charge in [0.15, 0.2) is 0 Å². The average Bonchev–Trinajstić information content (AvgIpc) is 2.84. The molecule has 0 saturated carbocycles. The lowest BCUT2D eigenvalue weighted by Gasteiger charge is -2.20. The van der Waals surface area contributed by atoms with Crippen LogP contribution in [0.25, 0.3) is 0 Å². The molecular weight excluding hydrogens is 301 g/mol. The smallest absolute Gasteiger partial charge is 0.264 e. The predicted molar refractivity (Wildman–Crippen MR) is 81.2 cm³/mol. The molecule has 0 bridgehead atoms. The van der Waals surface area contributed by atoms with Gasteiger partial charge in [0.1, 0.15) is 0 Å². The van der Waals surface area contributed by atoms with Crippen LogP contribution in [0.15, 0.2) is 36.4 Å². The minimum atomic E-state index is -0.0145. The molecule has 5 heteroatoms. The Balaban J connectivity index is 2.17. The zero-order valence-corrected chi connectivity index (χ0v) is 12.7. The van der Waals surface area contributed by atoms with Gasteiger partial charge in [0.2, 0.25) is 0 Å². The van der Waals surface area contributed by atoms with Crippen molar-refractivity contribution < 1.29 is 4.79 Å². The van der Waals surface area contributed by atoms with E-state index in [1.165, 1.54) is 11.3 Å². The second-order valence-electron chi connectivity index (χ2n) is 4.01. The van der Waals surface area contributed by atoms with Crippen molar-refractivity contribution in [3.8, 4) is 0 Å². The van der Waals surface area contributed by atoms with Crippen molar-refractivity contribution in [3.63, 3.8) is 0 Å². The van der Waals surface area contributed by atoms with E-state index in [2.05, 4.69) is 0 Å². The van der Waals surface area contributed by atoms with E-state index >= 15 is 0 Å². The second-order valence-corrected chi connectivity index (χ2v) is 6.14. The molecule has 19 heavy (non-hydrogen) atoms. The molecule has 0 aliphatic heterocycles. The Kier molecular flexibility index (Phi) is 4.86. The van der Waals surface area contributed by atoms with Gasteiger partial charge in [-0.3, -0.25) is 4.79 Å². The lowest BCUT2D eigenvalue weighted by molar-refractivity contribution is 0.0757. The van der Waals surface area contributed by atoms with Crippen molar-refractivity contribution in [2.24, 2.45) is 0 Å². The number of carbonyl (C=O) groups excluding carboxylic acids is 1. The van der Waals surface area contributed by atoms with Gasteiger partial charge in [-0.05, 0) is 30.7 Å². The summed E-state index contributed by atoms with van der Waals surface area (Å²) in [6.45, 7) is 3.08. The van der Waals surface area contributed by atoms with E-state index in [-0.39, 0.29) is 5.91 Å². The SMILES string of the molecule is CCN(Cc1ccccc1Cl)C(=O)c1ccc(Cl)s1. The maximum absolute atomic E-state index is 12.3. The molecule has 0 aliphatic rings. The molecule has 2 aromatic rings. The maximum Gasteiger partial charge on any atom is 0.264 e. The lowest BCUT2D eigenvalue weighted by Crippen LogP contribution is -2.29. The zero-order chi connectivity index (χ0) is 13.8. The van der Waals surface area contributed by atoms with Crippen LogP contribution in [0.2, 0.25) is 9.36 Å². The van der Waals surface area contributed by atoms with Gasteiger partial charge < -0.3 is 4.90 Å². The Hall–Kier alpha value is -1.03. The molecule has 100 valence electrons. The number of nitrogens with zero attached hydrogens (tertiary/aromatic N) is 1. The third-order valence-electron chi connectivity index (χ3n) is 2.77. The van der Waals surface area contributed by atoms with Crippen LogP contribution in [0.5, 0.6) is 0 Å². The molecule has 2 rings (SSSR count). The van der Waals surface area contributed by atoms with Gasteiger partial charge in [-0.1, -0.05) is 41.4 Å². The molecule has 1 aromatic carbocycles. The van der Waals surface area contributed by atoms with Crippen molar-refractivity contribution in [3.05, 3.63) is 56.2 Å². The van der Waals surface area contributed by atoms with E-state index in [1.807, 2.05) is 31.2 Å². The Morgan fingerprint density at radius 3 is 2.53 bits per heavy atom. The summed E-state index contributed by atoms with van der Waals surface area (Å²) in [6, 6.07) is 11.1. The van der Waals surface area contributed by atoms with Gasteiger partial charge in [0.05, 0.1) is 9.21 Å². The van der Waals surface area contributed by atoms with E-state index < -0.39 is 0 Å².